The summed E-state index contributed by atoms with van der Waals surface area (Å²) in [6.45, 7) is 0. The SMILES string of the molecule is N#Cc1ccc(N2C(=O)C(CCC(O)c3ccc(F)cc3)C2c2ccc(F)cc2)cc1. The third-order valence-corrected chi connectivity index (χ3v) is 5.71. The van der Waals surface area contributed by atoms with Gasteiger partial charge in [-0.05, 0) is 72.5 Å². The van der Waals surface area contributed by atoms with Crippen molar-refractivity contribution in [1.29, 1.82) is 5.26 Å². The first-order valence-corrected chi connectivity index (χ1v) is 10.00. The fourth-order valence-electron chi connectivity index (χ4n) is 4.04. The van der Waals surface area contributed by atoms with Crippen LogP contribution in [0.3, 0.4) is 0 Å². The molecular formula is C25H20F2N2O2. The Labute approximate surface area is 179 Å². The van der Waals surface area contributed by atoms with Crippen LogP contribution in [-0.4, -0.2) is 11.0 Å². The number of hydrogen-bond acceptors (Lipinski definition) is 3. The smallest absolute Gasteiger partial charge is 0.233 e. The fraction of sp³-hybridized carbons (Fsp3) is 0.200. The Morgan fingerprint density at radius 1 is 0.935 bits per heavy atom. The van der Waals surface area contributed by atoms with Gasteiger partial charge in [-0.3, -0.25) is 4.79 Å². The number of β-lactam (4-membered cyclic amide) rings is 1. The zero-order valence-electron chi connectivity index (χ0n) is 16.6. The van der Waals surface area contributed by atoms with E-state index in [4.69, 9.17) is 5.26 Å². The Morgan fingerprint density at radius 2 is 1.52 bits per heavy atom. The van der Waals surface area contributed by atoms with Crippen LogP contribution in [-0.2, 0) is 4.79 Å². The zero-order valence-corrected chi connectivity index (χ0v) is 16.6. The number of carbonyl (C=O) groups excluding carboxylic acids is 1. The van der Waals surface area contributed by atoms with Gasteiger partial charge in [-0.25, -0.2) is 8.78 Å². The average Bonchev–Trinajstić information content (AvgIpc) is 2.79. The standard InChI is InChI=1S/C25H20F2N2O2/c26-19-7-3-17(4-8-19)23(30)14-13-22-24(18-5-9-20(27)10-6-18)29(25(22)31)21-11-1-16(15-28)2-12-21/h1-12,22-24,30H,13-14H2. The van der Waals surface area contributed by atoms with E-state index in [2.05, 4.69) is 6.07 Å². The molecule has 0 bridgehead atoms. The number of rotatable bonds is 6. The monoisotopic (exact) mass is 418 g/mol. The topological polar surface area (TPSA) is 64.3 Å². The molecule has 0 saturated carbocycles. The predicted molar refractivity (Wildman–Crippen MR) is 112 cm³/mol. The molecule has 0 radical (unpaired) electrons. The lowest BCUT2D eigenvalue weighted by atomic mass is 9.78. The van der Waals surface area contributed by atoms with Crippen molar-refractivity contribution in [3.8, 4) is 6.07 Å². The summed E-state index contributed by atoms with van der Waals surface area (Å²) in [4.78, 5) is 14.7. The van der Waals surface area contributed by atoms with Gasteiger partial charge in [0.25, 0.3) is 0 Å². The minimum absolute atomic E-state index is 0.0923. The van der Waals surface area contributed by atoms with Gasteiger partial charge < -0.3 is 10.0 Å². The molecule has 4 rings (SSSR count). The van der Waals surface area contributed by atoms with Crippen molar-refractivity contribution in [3.05, 3.63) is 101 Å². The highest BCUT2D eigenvalue weighted by atomic mass is 19.1. The second-order valence-electron chi connectivity index (χ2n) is 7.61. The van der Waals surface area contributed by atoms with E-state index in [1.54, 1.807) is 41.3 Å². The molecule has 0 aromatic heterocycles. The van der Waals surface area contributed by atoms with Crippen LogP contribution in [0.4, 0.5) is 14.5 Å². The second kappa shape index (κ2) is 8.66. The largest absolute Gasteiger partial charge is 0.388 e. The van der Waals surface area contributed by atoms with E-state index in [0.29, 0.717) is 29.7 Å². The summed E-state index contributed by atoms with van der Waals surface area (Å²) in [5.41, 5.74) is 2.55. The molecule has 1 N–H and O–H groups in total. The second-order valence-corrected chi connectivity index (χ2v) is 7.61. The van der Waals surface area contributed by atoms with Crippen LogP contribution in [0, 0.1) is 28.9 Å². The lowest BCUT2D eigenvalue weighted by Gasteiger charge is -2.48. The summed E-state index contributed by atoms with van der Waals surface area (Å²) in [6, 6.07) is 20.2. The number of carbonyl (C=O) groups is 1. The highest BCUT2D eigenvalue weighted by molar-refractivity contribution is 6.03. The van der Waals surface area contributed by atoms with E-state index in [0.717, 1.165) is 5.56 Å². The number of amides is 1. The summed E-state index contributed by atoms with van der Waals surface area (Å²) in [7, 11) is 0. The van der Waals surface area contributed by atoms with Crippen LogP contribution in [0.5, 0.6) is 0 Å². The highest BCUT2D eigenvalue weighted by Gasteiger charge is 2.48. The first-order valence-electron chi connectivity index (χ1n) is 10.00. The number of anilines is 1. The van der Waals surface area contributed by atoms with Gasteiger partial charge in [0.05, 0.1) is 29.7 Å². The van der Waals surface area contributed by atoms with E-state index in [1.807, 2.05) is 0 Å². The summed E-state index contributed by atoms with van der Waals surface area (Å²) in [5, 5.41) is 19.5. The molecule has 31 heavy (non-hydrogen) atoms. The molecule has 1 amide bonds. The number of nitriles is 1. The van der Waals surface area contributed by atoms with Crippen molar-refractivity contribution >= 4 is 11.6 Å². The van der Waals surface area contributed by atoms with Gasteiger partial charge >= 0.3 is 0 Å². The van der Waals surface area contributed by atoms with Gasteiger partial charge in [0.1, 0.15) is 11.6 Å². The number of aliphatic hydroxyl groups excluding tert-OH is 1. The summed E-state index contributed by atoms with van der Waals surface area (Å²) < 4.78 is 26.6. The molecule has 0 aliphatic carbocycles. The van der Waals surface area contributed by atoms with Crippen LogP contribution < -0.4 is 4.90 Å². The molecule has 1 heterocycles. The molecule has 156 valence electrons. The predicted octanol–water partition coefficient (Wildman–Crippen LogP) is 5.05. The highest BCUT2D eigenvalue weighted by Crippen LogP contribution is 2.46. The molecule has 3 atom stereocenters. The Morgan fingerprint density at radius 3 is 2.10 bits per heavy atom. The molecular weight excluding hydrogens is 398 g/mol. The molecule has 1 aliphatic rings. The maximum atomic E-state index is 13.4. The van der Waals surface area contributed by atoms with Crippen molar-refractivity contribution in [1.82, 2.24) is 0 Å². The van der Waals surface area contributed by atoms with Crippen molar-refractivity contribution in [2.24, 2.45) is 5.92 Å². The van der Waals surface area contributed by atoms with E-state index < -0.39 is 6.10 Å². The van der Waals surface area contributed by atoms with Crippen LogP contribution in [0.2, 0.25) is 0 Å². The van der Waals surface area contributed by atoms with Gasteiger partial charge in [-0.1, -0.05) is 24.3 Å². The number of hydrogen-bond donors (Lipinski definition) is 1. The van der Waals surface area contributed by atoms with Crippen LogP contribution in [0.1, 0.15) is 41.7 Å². The number of aliphatic hydroxyl groups is 1. The third kappa shape index (κ3) is 4.18. The quantitative estimate of drug-likeness (QED) is 0.570. The van der Waals surface area contributed by atoms with E-state index >= 15 is 0 Å². The van der Waals surface area contributed by atoms with Crippen LogP contribution in [0.15, 0.2) is 72.8 Å². The number of benzene rings is 3. The zero-order chi connectivity index (χ0) is 22.0. The first kappa shape index (κ1) is 20.7. The Balaban J connectivity index is 1.55. The minimum atomic E-state index is -0.814. The maximum Gasteiger partial charge on any atom is 0.233 e. The average molecular weight is 418 g/mol. The normalized spacial score (nSPS) is 18.9. The third-order valence-electron chi connectivity index (χ3n) is 5.71. The molecule has 1 saturated heterocycles. The number of nitrogens with zero attached hydrogens (tertiary/aromatic N) is 2. The molecule has 0 spiro atoms. The van der Waals surface area contributed by atoms with Crippen LogP contribution >= 0.6 is 0 Å². The maximum absolute atomic E-state index is 13.4. The van der Waals surface area contributed by atoms with Gasteiger partial charge in [0.15, 0.2) is 0 Å². The van der Waals surface area contributed by atoms with Crippen molar-refractivity contribution < 1.29 is 18.7 Å². The lowest BCUT2D eigenvalue weighted by Crippen LogP contribution is -2.55. The Hall–Kier alpha value is -3.56. The lowest BCUT2D eigenvalue weighted by molar-refractivity contribution is -0.131. The van der Waals surface area contributed by atoms with Crippen molar-refractivity contribution in [2.75, 3.05) is 4.90 Å². The molecule has 4 nitrogen and oxygen atoms in total. The van der Waals surface area contributed by atoms with Gasteiger partial charge in [0.2, 0.25) is 5.91 Å². The molecule has 6 heteroatoms. The Bertz CT molecular complexity index is 1110. The van der Waals surface area contributed by atoms with Crippen LogP contribution in [0.25, 0.3) is 0 Å². The molecule has 1 aliphatic heterocycles. The van der Waals surface area contributed by atoms with E-state index in [-0.39, 0.29) is 29.5 Å². The van der Waals surface area contributed by atoms with Gasteiger partial charge in [-0.2, -0.15) is 5.26 Å². The van der Waals surface area contributed by atoms with Crippen molar-refractivity contribution in [3.63, 3.8) is 0 Å². The van der Waals surface area contributed by atoms with Crippen molar-refractivity contribution in [2.45, 2.75) is 25.0 Å². The molecule has 3 unspecified atom stereocenters. The molecule has 3 aromatic carbocycles. The minimum Gasteiger partial charge on any atom is -0.388 e. The van der Waals surface area contributed by atoms with E-state index in [1.165, 1.54) is 36.4 Å². The summed E-state index contributed by atoms with van der Waals surface area (Å²) in [5.74, 6) is -1.20. The van der Waals surface area contributed by atoms with Gasteiger partial charge in [0, 0.05) is 5.69 Å². The number of halogens is 2. The van der Waals surface area contributed by atoms with E-state index in [9.17, 15) is 18.7 Å². The fourth-order valence-corrected chi connectivity index (χ4v) is 4.04. The summed E-state index contributed by atoms with van der Waals surface area (Å²) in [6.07, 6.45) is -0.0566. The first-order chi connectivity index (χ1) is 15.0. The molecule has 1 fully saturated rings. The summed E-state index contributed by atoms with van der Waals surface area (Å²) >= 11 is 0. The van der Waals surface area contributed by atoms with Gasteiger partial charge in [-0.15, -0.1) is 0 Å². The molecule has 3 aromatic rings. The Kier molecular flexibility index (Phi) is 5.79.